The minimum Gasteiger partial charge on any atom is -0.872 e. The second kappa shape index (κ2) is 8.77. The number of rotatable bonds is 2. The fraction of sp³-hybridized carbons (Fsp3) is 0.333. The van der Waals surface area contributed by atoms with E-state index in [9.17, 15) is 10.2 Å². The van der Waals surface area contributed by atoms with E-state index < -0.39 is 0 Å². The fourth-order valence-electron chi connectivity index (χ4n) is 3.45. The van der Waals surface area contributed by atoms with Crippen molar-refractivity contribution in [3.05, 3.63) is 59.7 Å². The standard InChI is InChI=1S/C18H20O2.2Na/c19-16-8-4-14(5-9-16)18(12-2-1-3-13-18)15-6-10-17(20)11-7-15;;/h4-11,19-20H,1-3,12-13H2;;/q;2*+1/p-2. The quantitative estimate of drug-likeness (QED) is 0.558. The molecule has 1 aliphatic rings. The first-order valence-electron chi connectivity index (χ1n) is 7.26. The molecule has 0 radical (unpaired) electrons. The third-order valence-electron chi connectivity index (χ3n) is 4.52. The van der Waals surface area contributed by atoms with E-state index in [0.717, 1.165) is 12.8 Å². The number of hydrogen-bond acceptors (Lipinski definition) is 2. The van der Waals surface area contributed by atoms with Gasteiger partial charge in [0.2, 0.25) is 0 Å². The SMILES string of the molecule is [Na+].[Na+].[O-]c1ccc(C2(c3ccc([O-])cc3)CCCCC2)cc1. The van der Waals surface area contributed by atoms with Gasteiger partial charge < -0.3 is 10.2 Å². The van der Waals surface area contributed by atoms with Gasteiger partial charge in [0, 0.05) is 5.41 Å². The first kappa shape index (κ1) is 20.1. The van der Waals surface area contributed by atoms with Crippen LogP contribution in [0, 0.1) is 0 Å². The maximum Gasteiger partial charge on any atom is 1.00 e. The zero-order chi connectivity index (χ0) is 14.0. The van der Waals surface area contributed by atoms with E-state index in [1.165, 1.54) is 30.4 Å². The Morgan fingerprint density at radius 2 is 0.955 bits per heavy atom. The molecule has 0 bridgehead atoms. The Kier molecular flexibility index (Phi) is 8.01. The summed E-state index contributed by atoms with van der Waals surface area (Å²) in [6.45, 7) is 0. The summed E-state index contributed by atoms with van der Waals surface area (Å²) in [5.74, 6) is 0.101. The maximum atomic E-state index is 11.3. The Morgan fingerprint density at radius 3 is 1.32 bits per heavy atom. The molecule has 1 saturated carbocycles. The molecule has 2 aromatic carbocycles. The molecule has 0 unspecified atom stereocenters. The predicted octanol–water partition coefficient (Wildman–Crippen LogP) is -2.91. The van der Waals surface area contributed by atoms with Crippen LogP contribution in [0.15, 0.2) is 48.5 Å². The Labute approximate surface area is 176 Å². The van der Waals surface area contributed by atoms with E-state index >= 15 is 0 Å². The summed E-state index contributed by atoms with van der Waals surface area (Å²) in [6, 6.07) is 14.4. The third kappa shape index (κ3) is 4.11. The van der Waals surface area contributed by atoms with E-state index in [4.69, 9.17) is 0 Å². The Hall–Kier alpha value is 0.0400. The van der Waals surface area contributed by atoms with Crippen molar-refractivity contribution in [3.63, 3.8) is 0 Å². The Bertz CT molecular complexity index is 526. The molecule has 0 N–H and O–H groups in total. The van der Waals surface area contributed by atoms with Gasteiger partial charge >= 0.3 is 59.1 Å². The third-order valence-corrected chi connectivity index (χ3v) is 4.52. The monoisotopic (exact) mass is 312 g/mol. The van der Waals surface area contributed by atoms with Crippen LogP contribution in [0.1, 0.15) is 43.2 Å². The van der Waals surface area contributed by atoms with Crippen LogP contribution in [0.3, 0.4) is 0 Å². The van der Waals surface area contributed by atoms with Crippen LogP contribution in [0.5, 0.6) is 11.5 Å². The van der Waals surface area contributed by atoms with Gasteiger partial charge in [-0.05, 0) is 24.0 Å². The van der Waals surface area contributed by atoms with E-state index in [1.807, 2.05) is 24.3 Å². The van der Waals surface area contributed by atoms with Crippen molar-refractivity contribution in [1.82, 2.24) is 0 Å². The second-order valence-electron chi connectivity index (χ2n) is 5.69. The van der Waals surface area contributed by atoms with Crippen molar-refractivity contribution in [2.75, 3.05) is 0 Å². The minimum atomic E-state index is -0.0281. The van der Waals surface area contributed by atoms with Crippen LogP contribution in [-0.2, 0) is 5.41 Å². The van der Waals surface area contributed by atoms with Crippen molar-refractivity contribution in [1.29, 1.82) is 0 Å². The van der Waals surface area contributed by atoms with E-state index in [0.29, 0.717) is 0 Å². The Morgan fingerprint density at radius 1 is 0.591 bits per heavy atom. The van der Waals surface area contributed by atoms with Crippen LogP contribution in [-0.4, -0.2) is 0 Å². The second-order valence-corrected chi connectivity index (χ2v) is 5.69. The first-order chi connectivity index (χ1) is 9.71. The smallest absolute Gasteiger partial charge is 0.872 e. The maximum absolute atomic E-state index is 11.3. The normalized spacial score (nSPS) is 16.2. The molecule has 1 aliphatic carbocycles. The molecule has 0 aliphatic heterocycles. The zero-order valence-electron chi connectivity index (χ0n) is 13.5. The average molecular weight is 312 g/mol. The van der Waals surface area contributed by atoms with Crippen molar-refractivity contribution < 1.29 is 69.3 Å². The van der Waals surface area contributed by atoms with Crippen LogP contribution >= 0.6 is 0 Å². The van der Waals surface area contributed by atoms with E-state index in [-0.39, 0.29) is 76.0 Å². The summed E-state index contributed by atoms with van der Waals surface area (Å²) in [7, 11) is 0. The summed E-state index contributed by atoms with van der Waals surface area (Å²) in [6.07, 6.45) is 5.82. The minimum absolute atomic E-state index is 0. The molecule has 1 fully saturated rings. The molecule has 0 aromatic heterocycles. The van der Waals surface area contributed by atoms with Gasteiger partial charge in [-0.25, -0.2) is 0 Å². The summed E-state index contributed by atoms with van der Waals surface area (Å²) in [4.78, 5) is 0. The summed E-state index contributed by atoms with van der Waals surface area (Å²) in [5, 5.41) is 22.7. The first-order valence-corrected chi connectivity index (χ1v) is 7.26. The molecule has 2 nitrogen and oxygen atoms in total. The summed E-state index contributed by atoms with van der Waals surface area (Å²) >= 11 is 0. The fourth-order valence-corrected chi connectivity index (χ4v) is 3.45. The predicted molar refractivity (Wildman–Crippen MR) is 75.6 cm³/mol. The number of benzene rings is 2. The van der Waals surface area contributed by atoms with Crippen LogP contribution in [0.2, 0.25) is 0 Å². The topological polar surface area (TPSA) is 46.1 Å². The van der Waals surface area contributed by atoms with Gasteiger partial charge in [0.05, 0.1) is 0 Å². The molecule has 0 atom stereocenters. The molecule has 0 saturated heterocycles. The molecular formula is C18H18Na2O2. The summed E-state index contributed by atoms with van der Waals surface area (Å²) < 4.78 is 0. The largest absolute Gasteiger partial charge is 1.00 e. The molecule has 2 aromatic rings. The van der Waals surface area contributed by atoms with Crippen molar-refractivity contribution in [2.24, 2.45) is 0 Å². The van der Waals surface area contributed by atoms with Gasteiger partial charge in [0.1, 0.15) is 0 Å². The van der Waals surface area contributed by atoms with Gasteiger partial charge in [0.25, 0.3) is 0 Å². The molecular weight excluding hydrogens is 294 g/mol. The molecule has 0 amide bonds. The van der Waals surface area contributed by atoms with Crippen molar-refractivity contribution in [2.45, 2.75) is 37.5 Å². The van der Waals surface area contributed by atoms with Gasteiger partial charge in [-0.3, -0.25) is 0 Å². The van der Waals surface area contributed by atoms with Gasteiger partial charge in [-0.15, -0.1) is 11.5 Å². The van der Waals surface area contributed by atoms with Crippen molar-refractivity contribution >= 4 is 0 Å². The van der Waals surface area contributed by atoms with Gasteiger partial charge in [0.15, 0.2) is 0 Å². The van der Waals surface area contributed by atoms with Gasteiger partial charge in [-0.2, -0.15) is 0 Å². The van der Waals surface area contributed by atoms with Crippen molar-refractivity contribution in [3.8, 4) is 11.5 Å². The molecule has 104 valence electrons. The summed E-state index contributed by atoms with van der Waals surface area (Å²) in [5.41, 5.74) is 2.38. The van der Waals surface area contributed by atoms with Crippen LogP contribution in [0.4, 0.5) is 0 Å². The van der Waals surface area contributed by atoms with E-state index in [2.05, 4.69) is 0 Å². The average Bonchev–Trinajstić information content (AvgIpc) is 2.49. The molecule has 0 heterocycles. The zero-order valence-corrected chi connectivity index (χ0v) is 17.5. The molecule has 4 heteroatoms. The molecule has 0 spiro atoms. The van der Waals surface area contributed by atoms with E-state index in [1.54, 1.807) is 24.3 Å². The van der Waals surface area contributed by atoms with Gasteiger partial charge in [-0.1, -0.05) is 67.8 Å². The van der Waals surface area contributed by atoms with Crippen LogP contribution < -0.4 is 69.3 Å². The molecule has 3 rings (SSSR count). The van der Waals surface area contributed by atoms with Crippen LogP contribution in [0.25, 0.3) is 0 Å². The molecule has 22 heavy (non-hydrogen) atoms. The number of hydrogen-bond donors (Lipinski definition) is 0. The Balaban J connectivity index is 0.00000121.